The molecule has 0 N–H and O–H groups in total. The van der Waals surface area contributed by atoms with Gasteiger partial charge in [0.25, 0.3) is 20.0 Å². The lowest BCUT2D eigenvalue weighted by Gasteiger charge is -2.24. The third-order valence-corrected chi connectivity index (χ3v) is 14.0. The third-order valence-electron chi connectivity index (χ3n) is 7.26. The van der Waals surface area contributed by atoms with Gasteiger partial charge >= 0.3 is 18.4 Å². The predicted molar refractivity (Wildman–Crippen MR) is 191 cm³/mol. The van der Waals surface area contributed by atoms with Gasteiger partial charge in [-0.15, -0.1) is 22.7 Å². The summed E-state index contributed by atoms with van der Waals surface area (Å²) in [6, 6.07) is 5.87. The van der Waals surface area contributed by atoms with Crippen LogP contribution in [0.2, 0.25) is 0 Å². The second-order valence-corrected chi connectivity index (χ2v) is 21.7. The molecule has 14 nitrogen and oxygen atoms in total. The average molecular weight is 886 g/mol. The Hall–Kier alpha value is -3.47. The molecule has 2 amide bonds. The maximum Gasteiger partial charge on any atom is 0.410 e. The molecule has 0 bridgehead atoms. The highest BCUT2D eigenvalue weighted by atomic mass is 79.9. The zero-order valence-corrected chi connectivity index (χ0v) is 34.2. The highest BCUT2D eigenvalue weighted by Gasteiger charge is 2.34. The van der Waals surface area contributed by atoms with Crippen LogP contribution in [0.5, 0.6) is 0 Å². The van der Waals surface area contributed by atoms with Crippen LogP contribution in [0.3, 0.4) is 0 Å². The average Bonchev–Trinajstić information content (AvgIpc) is 3.83. The minimum Gasteiger partial charge on any atom is -0.444 e. The largest absolute Gasteiger partial charge is 0.444 e. The number of hydrogen-bond donors (Lipinski definition) is 0. The lowest BCUT2D eigenvalue weighted by atomic mass is 10.2. The van der Waals surface area contributed by atoms with E-state index in [9.17, 15) is 39.6 Å². The first-order valence-corrected chi connectivity index (χ1v) is 21.1. The summed E-state index contributed by atoms with van der Waals surface area (Å²) in [4.78, 5) is 27.5. The van der Waals surface area contributed by atoms with E-state index < -0.39 is 56.0 Å². The highest BCUT2D eigenvalue weighted by Crippen LogP contribution is 2.32. The van der Waals surface area contributed by atoms with Crippen molar-refractivity contribution in [1.29, 1.82) is 0 Å². The molecule has 0 aromatic carbocycles. The Kier molecular flexibility index (Phi) is 11.2. The van der Waals surface area contributed by atoms with Gasteiger partial charge in [-0.05, 0) is 88.2 Å². The summed E-state index contributed by atoms with van der Waals surface area (Å²) in [7, 11) is -7.71. The Morgan fingerprint density at radius 2 is 1.17 bits per heavy atom. The molecule has 6 rings (SSSR count). The maximum absolute atomic E-state index is 12.7. The van der Waals surface area contributed by atoms with E-state index in [4.69, 9.17) is 9.47 Å². The standard InChI is InChI=1S/C17H20F3N3O4S2.C14H16BrN3O4S2/c1-16(2,3)27-15(24)22-8-11-9-23(21-13(11)10-22)29(25,26)14-5-4-12(28-14)6-7-17(18,19)20;1-14(2,3)22-13(19)17-6-9-7-18(16-10(9)8-17)24(20,21)12-5-4-11(15)23-12/h4-5,9H,6-8,10H2,1-3H3;4-5,7H,6,8H2,1-3H3. The minimum atomic E-state index is -4.30. The van der Waals surface area contributed by atoms with Gasteiger partial charge in [0.2, 0.25) is 0 Å². The van der Waals surface area contributed by atoms with Gasteiger partial charge in [-0.2, -0.15) is 48.4 Å². The molecule has 0 aliphatic carbocycles. The third kappa shape index (κ3) is 9.99. The monoisotopic (exact) mass is 884 g/mol. The van der Waals surface area contributed by atoms with E-state index in [1.807, 2.05) is 0 Å². The number of thiophene rings is 2. The lowest BCUT2D eigenvalue weighted by molar-refractivity contribution is -0.133. The van der Waals surface area contributed by atoms with Crippen molar-refractivity contribution in [3.05, 3.63) is 67.8 Å². The van der Waals surface area contributed by atoms with E-state index in [-0.39, 0.29) is 41.0 Å². The van der Waals surface area contributed by atoms with Crippen molar-refractivity contribution in [1.82, 2.24) is 28.2 Å². The van der Waals surface area contributed by atoms with Gasteiger partial charge in [0.05, 0.1) is 41.4 Å². The zero-order chi connectivity index (χ0) is 39.3. The molecule has 6 heterocycles. The Bertz CT molecular complexity index is 2180. The van der Waals surface area contributed by atoms with E-state index in [1.165, 1.54) is 40.4 Å². The Morgan fingerprint density at radius 3 is 1.55 bits per heavy atom. The second-order valence-electron chi connectivity index (χ2n) is 14.0. The normalized spacial score (nSPS) is 14.8. The van der Waals surface area contributed by atoms with Crippen LogP contribution in [-0.4, -0.2) is 74.6 Å². The highest BCUT2D eigenvalue weighted by molar-refractivity contribution is 9.11. The molecule has 290 valence electrons. The number of halogens is 4. The van der Waals surface area contributed by atoms with Crippen LogP contribution in [0, 0.1) is 0 Å². The van der Waals surface area contributed by atoms with Gasteiger partial charge in [-0.1, -0.05) is 0 Å². The molecule has 0 radical (unpaired) electrons. The van der Waals surface area contributed by atoms with Crippen molar-refractivity contribution in [3.63, 3.8) is 0 Å². The molecule has 0 saturated heterocycles. The number of rotatable bonds is 6. The first kappa shape index (κ1) is 40.7. The van der Waals surface area contributed by atoms with Gasteiger partial charge < -0.3 is 9.47 Å². The van der Waals surface area contributed by atoms with Crippen LogP contribution >= 0.6 is 38.6 Å². The van der Waals surface area contributed by atoms with Crippen LogP contribution in [0.1, 0.15) is 75.4 Å². The molecule has 4 aromatic rings. The fraction of sp³-hybridized carbons (Fsp3) is 0.484. The first-order chi connectivity index (χ1) is 24.3. The molecular formula is C31H36BrF3N6O8S4. The minimum absolute atomic E-state index is 0.0835. The quantitative estimate of drug-likeness (QED) is 0.195. The van der Waals surface area contributed by atoms with Gasteiger partial charge in [0, 0.05) is 34.8 Å². The van der Waals surface area contributed by atoms with Crippen molar-refractivity contribution in [2.45, 2.75) is 106 Å². The topological polar surface area (TPSA) is 163 Å². The van der Waals surface area contributed by atoms with E-state index >= 15 is 0 Å². The number of aromatic nitrogens is 4. The molecular weight excluding hydrogens is 850 g/mol. The summed E-state index contributed by atoms with van der Waals surface area (Å²) in [5, 5.41) is 8.22. The van der Waals surface area contributed by atoms with Crippen molar-refractivity contribution >= 4 is 70.8 Å². The molecule has 0 unspecified atom stereocenters. The summed E-state index contributed by atoms with van der Waals surface area (Å²) in [6.07, 6.45) is -3.75. The Balaban J connectivity index is 0.000000208. The van der Waals surface area contributed by atoms with Crippen LogP contribution in [0.25, 0.3) is 0 Å². The number of alkyl halides is 3. The summed E-state index contributed by atoms with van der Waals surface area (Å²) in [6.45, 7) is 11.4. The van der Waals surface area contributed by atoms with Crippen molar-refractivity contribution in [3.8, 4) is 0 Å². The molecule has 0 spiro atoms. The number of hydrogen-bond acceptors (Lipinski definition) is 12. The van der Waals surface area contributed by atoms with Gasteiger partial charge in [0.1, 0.15) is 19.6 Å². The SMILES string of the molecule is CC(C)(C)OC(=O)N1Cc2cn(S(=O)(=O)c3ccc(Br)s3)nc2C1.CC(C)(C)OC(=O)N1Cc2cn(S(=O)(=O)c3ccc(CCC(F)(F)F)s3)nc2C1. The summed E-state index contributed by atoms with van der Waals surface area (Å²) in [5.41, 5.74) is 1.07. The predicted octanol–water partition coefficient (Wildman–Crippen LogP) is 7.12. The van der Waals surface area contributed by atoms with E-state index in [1.54, 1.807) is 47.6 Å². The number of carbonyl (C=O) groups is 2. The molecule has 0 atom stereocenters. The fourth-order valence-corrected chi connectivity index (χ4v) is 10.8. The van der Waals surface area contributed by atoms with Crippen molar-refractivity contribution < 1.29 is 49.1 Å². The zero-order valence-electron chi connectivity index (χ0n) is 29.3. The second kappa shape index (κ2) is 14.6. The Morgan fingerprint density at radius 1 is 0.736 bits per heavy atom. The summed E-state index contributed by atoms with van der Waals surface area (Å²) in [5.74, 6) is 0. The van der Waals surface area contributed by atoms with Gasteiger partial charge in [0.15, 0.2) is 0 Å². The number of nitrogens with zero attached hydrogens (tertiary/aromatic N) is 6. The number of amides is 2. The molecule has 2 aliphatic heterocycles. The van der Waals surface area contributed by atoms with Crippen LogP contribution < -0.4 is 0 Å². The Labute approximate surface area is 320 Å². The van der Waals surface area contributed by atoms with Crippen LogP contribution in [0.4, 0.5) is 22.8 Å². The van der Waals surface area contributed by atoms with Gasteiger partial charge in [-0.25, -0.2) is 9.59 Å². The number of fused-ring (bicyclic) bond motifs is 2. The lowest BCUT2D eigenvalue weighted by Crippen LogP contribution is -2.33. The van der Waals surface area contributed by atoms with Crippen LogP contribution in [0.15, 0.2) is 48.9 Å². The number of aryl methyl sites for hydroxylation is 1. The van der Waals surface area contributed by atoms with Crippen molar-refractivity contribution in [2.24, 2.45) is 0 Å². The molecule has 2 aliphatic rings. The molecule has 22 heteroatoms. The summed E-state index contributed by atoms with van der Waals surface area (Å²) >= 11 is 5.18. The van der Waals surface area contributed by atoms with Crippen LogP contribution in [-0.2, 0) is 62.1 Å². The van der Waals surface area contributed by atoms with E-state index in [0.29, 0.717) is 27.4 Å². The van der Waals surface area contributed by atoms with E-state index in [0.717, 1.165) is 34.6 Å². The number of carbonyl (C=O) groups excluding carboxylic acids is 2. The fourth-order valence-electron chi connectivity index (χ4n) is 4.93. The number of ether oxygens (including phenoxy) is 2. The molecule has 0 saturated carbocycles. The van der Waals surface area contributed by atoms with Crippen molar-refractivity contribution in [2.75, 3.05) is 0 Å². The molecule has 53 heavy (non-hydrogen) atoms. The van der Waals surface area contributed by atoms with E-state index in [2.05, 4.69) is 26.1 Å². The molecule has 4 aromatic heterocycles. The first-order valence-electron chi connectivity index (χ1n) is 15.8. The smallest absolute Gasteiger partial charge is 0.410 e. The maximum atomic E-state index is 12.7. The summed E-state index contributed by atoms with van der Waals surface area (Å²) < 4.78 is 101. The van der Waals surface area contributed by atoms with Gasteiger partial charge in [-0.3, -0.25) is 9.80 Å². The molecule has 0 fully saturated rings.